The molecular formula is C17H18N4O4. The van der Waals surface area contributed by atoms with Crippen molar-refractivity contribution in [3.8, 4) is 11.5 Å². The first-order chi connectivity index (χ1) is 12.2. The monoisotopic (exact) mass is 342 g/mol. The SMILES string of the molecule is COc1cc(OCCCNC(=O)c2ncc[nH]2)cc2ccc(=O)[nH]c12. The average Bonchev–Trinajstić information content (AvgIpc) is 3.15. The molecule has 2 aromatic heterocycles. The summed E-state index contributed by atoms with van der Waals surface area (Å²) in [7, 11) is 1.54. The van der Waals surface area contributed by atoms with Crippen LogP contribution in [-0.2, 0) is 0 Å². The summed E-state index contributed by atoms with van der Waals surface area (Å²) in [5.41, 5.74) is 0.444. The maximum Gasteiger partial charge on any atom is 0.287 e. The maximum atomic E-state index is 11.7. The van der Waals surface area contributed by atoms with E-state index in [-0.39, 0.29) is 17.3 Å². The molecule has 0 unspecified atom stereocenters. The van der Waals surface area contributed by atoms with E-state index in [0.717, 1.165) is 5.39 Å². The number of aromatic amines is 2. The molecule has 0 radical (unpaired) electrons. The third-order valence-electron chi connectivity index (χ3n) is 3.58. The number of nitrogens with zero attached hydrogens (tertiary/aromatic N) is 1. The Morgan fingerprint density at radius 2 is 2.20 bits per heavy atom. The summed E-state index contributed by atoms with van der Waals surface area (Å²) in [4.78, 5) is 32.5. The lowest BCUT2D eigenvalue weighted by atomic mass is 10.2. The first kappa shape index (κ1) is 16.6. The van der Waals surface area contributed by atoms with E-state index in [4.69, 9.17) is 9.47 Å². The highest BCUT2D eigenvalue weighted by atomic mass is 16.5. The van der Waals surface area contributed by atoms with Crippen molar-refractivity contribution < 1.29 is 14.3 Å². The van der Waals surface area contributed by atoms with Gasteiger partial charge in [-0.25, -0.2) is 4.98 Å². The molecule has 3 aromatic rings. The number of benzene rings is 1. The Hall–Kier alpha value is -3.29. The molecule has 0 bridgehead atoms. The van der Waals surface area contributed by atoms with Gasteiger partial charge in [0, 0.05) is 36.5 Å². The zero-order valence-electron chi connectivity index (χ0n) is 13.7. The van der Waals surface area contributed by atoms with Crippen molar-refractivity contribution in [3.05, 3.63) is 52.8 Å². The molecule has 3 N–H and O–H groups in total. The van der Waals surface area contributed by atoms with Gasteiger partial charge in [0.15, 0.2) is 5.82 Å². The van der Waals surface area contributed by atoms with Gasteiger partial charge in [0.1, 0.15) is 11.5 Å². The summed E-state index contributed by atoms with van der Waals surface area (Å²) >= 11 is 0. The number of methoxy groups -OCH3 is 1. The Labute approximate surface area is 143 Å². The lowest BCUT2D eigenvalue weighted by molar-refractivity contribution is 0.0942. The number of hydrogen-bond donors (Lipinski definition) is 3. The second kappa shape index (κ2) is 7.52. The molecule has 130 valence electrons. The van der Waals surface area contributed by atoms with Crippen molar-refractivity contribution in [3.63, 3.8) is 0 Å². The van der Waals surface area contributed by atoms with Crippen molar-refractivity contribution in [2.45, 2.75) is 6.42 Å². The van der Waals surface area contributed by atoms with Gasteiger partial charge in [-0.3, -0.25) is 9.59 Å². The Kier molecular flexibility index (Phi) is 4.98. The van der Waals surface area contributed by atoms with Crippen LogP contribution in [0.5, 0.6) is 11.5 Å². The van der Waals surface area contributed by atoms with Crippen LogP contribution >= 0.6 is 0 Å². The summed E-state index contributed by atoms with van der Waals surface area (Å²) in [6.45, 7) is 0.897. The lowest BCUT2D eigenvalue weighted by Crippen LogP contribution is -2.26. The fourth-order valence-corrected chi connectivity index (χ4v) is 2.39. The highest BCUT2D eigenvalue weighted by Gasteiger charge is 2.08. The summed E-state index contributed by atoms with van der Waals surface area (Å²) in [6.07, 6.45) is 3.76. The van der Waals surface area contributed by atoms with E-state index >= 15 is 0 Å². The highest BCUT2D eigenvalue weighted by Crippen LogP contribution is 2.28. The Morgan fingerprint density at radius 3 is 2.96 bits per heavy atom. The van der Waals surface area contributed by atoms with E-state index in [9.17, 15) is 9.59 Å². The number of hydrogen-bond acceptors (Lipinski definition) is 5. The number of carbonyl (C=O) groups is 1. The minimum absolute atomic E-state index is 0.188. The predicted molar refractivity (Wildman–Crippen MR) is 92.2 cm³/mol. The quantitative estimate of drug-likeness (QED) is 0.563. The third kappa shape index (κ3) is 3.97. The van der Waals surface area contributed by atoms with Crippen LogP contribution in [0.1, 0.15) is 17.0 Å². The molecule has 0 spiro atoms. The van der Waals surface area contributed by atoms with Gasteiger partial charge in [0.05, 0.1) is 19.2 Å². The van der Waals surface area contributed by atoms with Crippen LogP contribution < -0.4 is 20.3 Å². The Balaban J connectivity index is 1.55. The Bertz CT molecular complexity index is 918. The summed E-state index contributed by atoms with van der Waals surface area (Å²) in [5, 5.41) is 3.57. The summed E-state index contributed by atoms with van der Waals surface area (Å²) in [5.74, 6) is 1.21. The normalized spacial score (nSPS) is 10.6. The average molecular weight is 342 g/mol. The van der Waals surface area contributed by atoms with Crippen LogP contribution in [0.2, 0.25) is 0 Å². The Morgan fingerprint density at radius 1 is 1.32 bits per heavy atom. The van der Waals surface area contributed by atoms with Crippen LogP contribution in [0.3, 0.4) is 0 Å². The van der Waals surface area contributed by atoms with Crippen molar-refractivity contribution in [1.29, 1.82) is 0 Å². The molecule has 25 heavy (non-hydrogen) atoms. The first-order valence-corrected chi connectivity index (χ1v) is 7.79. The molecule has 1 amide bonds. The van der Waals surface area contributed by atoms with Crippen molar-refractivity contribution in [2.24, 2.45) is 0 Å². The number of aromatic nitrogens is 3. The summed E-state index contributed by atoms with van der Waals surface area (Å²) < 4.78 is 11.0. The van der Waals surface area contributed by atoms with Gasteiger partial charge >= 0.3 is 0 Å². The number of pyridine rings is 1. The zero-order chi connectivity index (χ0) is 17.6. The molecule has 0 atom stereocenters. The van der Waals surface area contributed by atoms with Crippen LogP contribution in [0.25, 0.3) is 10.9 Å². The molecule has 3 rings (SSSR count). The number of nitrogens with one attached hydrogen (secondary N) is 3. The number of rotatable bonds is 7. The highest BCUT2D eigenvalue weighted by molar-refractivity contribution is 5.90. The molecule has 8 nitrogen and oxygen atoms in total. The van der Waals surface area contributed by atoms with Crippen LogP contribution in [0.4, 0.5) is 0 Å². The van der Waals surface area contributed by atoms with Crippen LogP contribution in [0, 0.1) is 0 Å². The molecule has 0 aliphatic rings. The number of ether oxygens (including phenoxy) is 2. The van der Waals surface area contributed by atoms with Gasteiger partial charge in [-0.2, -0.15) is 0 Å². The van der Waals surface area contributed by atoms with Gasteiger partial charge in [0.25, 0.3) is 5.91 Å². The summed E-state index contributed by atoms with van der Waals surface area (Å²) in [6, 6.07) is 6.72. The number of carbonyl (C=O) groups excluding carboxylic acids is 1. The number of fused-ring (bicyclic) bond motifs is 1. The van der Waals surface area contributed by atoms with Crippen molar-refractivity contribution in [1.82, 2.24) is 20.3 Å². The number of amides is 1. The van der Waals surface area contributed by atoms with Crippen LogP contribution in [-0.4, -0.2) is 41.1 Å². The molecule has 0 aliphatic carbocycles. The smallest absolute Gasteiger partial charge is 0.287 e. The second-order valence-corrected chi connectivity index (χ2v) is 5.31. The maximum absolute atomic E-state index is 11.7. The van der Waals surface area contributed by atoms with E-state index in [2.05, 4.69) is 20.3 Å². The minimum Gasteiger partial charge on any atom is -0.494 e. The van der Waals surface area contributed by atoms with E-state index in [1.165, 1.54) is 19.4 Å². The zero-order valence-corrected chi connectivity index (χ0v) is 13.7. The van der Waals surface area contributed by atoms with Crippen molar-refractivity contribution >= 4 is 16.8 Å². The van der Waals surface area contributed by atoms with E-state index in [1.807, 2.05) is 6.07 Å². The fraction of sp³-hybridized carbons (Fsp3) is 0.235. The first-order valence-electron chi connectivity index (χ1n) is 7.79. The van der Waals surface area contributed by atoms with E-state index in [0.29, 0.717) is 36.6 Å². The van der Waals surface area contributed by atoms with E-state index in [1.54, 1.807) is 18.3 Å². The van der Waals surface area contributed by atoms with Gasteiger partial charge in [-0.15, -0.1) is 0 Å². The molecule has 0 saturated heterocycles. The number of imidazole rings is 1. The van der Waals surface area contributed by atoms with Gasteiger partial charge < -0.3 is 24.8 Å². The van der Waals surface area contributed by atoms with Crippen molar-refractivity contribution in [2.75, 3.05) is 20.3 Å². The molecule has 0 saturated carbocycles. The molecular weight excluding hydrogens is 324 g/mol. The number of H-pyrrole nitrogens is 2. The second-order valence-electron chi connectivity index (χ2n) is 5.31. The molecule has 0 aliphatic heterocycles. The van der Waals surface area contributed by atoms with E-state index < -0.39 is 0 Å². The minimum atomic E-state index is -0.249. The lowest BCUT2D eigenvalue weighted by Gasteiger charge is -2.11. The fourth-order valence-electron chi connectivity index (χ4n) is 2.39. The van der Waals surface area contributed by atoms with Gasteiger partial charge in [-0.05, 0) is 18.6 Å². The van der Waals surface area contributed by atoms with Crippen LogP contribution in [0.15, 0.2) is 41.5 Å². The topological polar surface area (TPSA) is 109 Å². The van der Waals surface area contributed by atoms with Gasteiger partial charge in [0.2, 0.25) is 5.56 Å². The molecule has 0 fully saturated rings. The standard InChI is InChI=1S/C17H18N4O4/c1-24-13-10-12(9-11-3-4-14(22)21-15(11)13)25-8-2-5-20-17(23)16-18-6-7-19-16/h3-4,6-7,9-10H,2,5,8H2,1H3,(H,18,19)(H,20,23)(H,21,22). The molecule has 1 aromatic carbocycles. The largest absolute Gasteiger partial charge is 0.494 e. The van der Waals surface area contributed by atoms with Gasteiger partial charge in [-0.1, -0.05) is 0 Å². The molecule has 8 heteroatoms. The third-order valence-corrected chi connectivity index (χ3v) is 3.58. The molecule has 2 heterocycles. The predicted octanol–water partition coefficient (Wildman–Crippen LogP) is 1.46.